The maximum absolute atomic E-state index is 15.8. The van der Waals surface area contributed by atoms with Gasteiger partial charge in [-0.05, 0) is 55.9 Å². The second-order valence-corrected chi connectivity index (χ2v) is 10.6. The Bertz CT molecular complexity index is 1450. The van der Waals surface area contributed by atoms with Gasteiger partial charge in [-0.25, -0.2) is 14.2 Å². The average Bonchev–Trinajstić information content (AvgIpc) is 3.71. The van der Waals surface area contributed by atoms with Crippen LogP contribution < -0.4 is 4.74 Å². The van der Waals surface area contributed by atoms with E-state index in [4.69, 9.17) is 9.72 Å². The van der Waals surface area contributed by atoms with E-state index < -0.39 is 12.1 Å². The second kappa shape index (κ2) is 9.98. The number of ether oxygens (including phenoxy) is 1. The highest BCUT2D eigenvalue weighted by molar-refractivity contribution is 5.79. The Kier molecular flexibility index (Phi) is 6.48. The van der Waals surface area contributed by atoms with Crippen LogP contribution in [0.1, 0.15) is 71.5 Å². The van der Waals surface area contributed by atoms with Gasteiger partial charge in [-0.1, -0.05) is 19.1 Å². The molecule has 3 aromatic rings. The number of carbonyl (C=O) groups is 2. The maximum atomic E-state index is 15.8. The number of imidazole rings is 1. The van der Waals surface area contributed by atoms with Crippen LogP contribution in [0.4, 0.5) is 9.18 Å². The van der Waals surface area contributed by atoms with Gasteiger partial charge in [-0.3, -0.25) is 14.7 Å². The summed E-state index contributed by atoms with van der Waals surface area (Å²) in [6, 6.07) is 8.37. The van der Waals surface area contributed by atoms with Crippen molar-refractivity contribution in [1.29, 1.82) is 0 Å². The summed E-state index contributed by atoms with van der Waals surface area (Å²) < 4.78 is 23.7. The summed E-state index contributed by atoms with van der Waals surface area (Å²) in [5.74, 6) is 1.00. The normalized spacial score (nSPS) is 18.5. The number of nitrogens with zero attached hydrogens (tertiary/aromatic N) is 5. The Hall–Kier alpha value is -3.95. The van der Waals surface area contributed by atoms with E-state index in [1.54, 1.807) is 17.0 Å². The molecule has 0 bridgehead atoms. The third kappa shape index (κ3) is 4.72. The lowest BCUT2D eigenvalue weighted by Gasteiger charge is -2.37. The van der Waals surface area contributed by atoms with Crippen LogP contribution in [0.3, 0.4) is 0 Å². The van der Waals surface area contributed by atoms with Gasteiger partial charge in [0, 0.05) is 37.3 Å². The summed E-state index contributed by atoms with van der Waals surface area (Å²) >= 11 is 0. The molecule has 1 aromatic carbocycles. The van der Waals surface area contributed by atoms with Crippen molar-refractivity contribution in [3.8, 4) is 5.75 Å². The molecule has 0 spiro atoms. The van der Waals surface area contributed by atoms with Crippen molar-refractivity contribution in [2.75, 3.05) is 19.7 Å². The molecule has 1 unspecified atom stereocenters. The van der Waals surface area contributed by atoms with Crippen LogP contribution in [-0.4, -0.2) is 61.1 Å². The molecule has 6 rings (SSSR count). The van der Waals surface area contributed by atoms with Crippen molar-refractivity contribution >= 4 is 12.0 Å². The van der Waals surface area contributed by atoms with Crippen LogP contribution >= 0.6 is 0 Å². The molecule has 0 saturated heterocycles. The molecule has 2 aromatic heterocycles. The van der Waals surface area contributed by atoms with Gasteiger partial charge in [0.1, 0.15) is 23.4 Å². The number of halogens is 1. The molecule has 4 heterocycles. The van der Waals surface area contributed by atoms with E-state index in [-0.39, 0.29) is 24.9 Å². The Morgan fingerprint density at radius 3 is 2.67 bits per heavy atom. The first-order chi connectivity index (χ1) is 18.8. The van der Waals surface area contributed by atoms with E-state index in [2.05, 4.69) is 4.98 Å². The highest BCUT2D eigenvalue weighted by Gasteiger charge is 2.40. The minimum absolute atomic E-state index is 0.162. The highest BCUT2D eigenvalue weighted by atomic mass is 19.1. The molecular weight excluding hydrogens is 501 g/mol. The Balaban J connectivity index is 1.35. The fourth-order valence-electron chi connectivity index (χ4n) is 5.79. The molecule has 1 N–H and O–H groups in total. The minimum atomic E-state index is -0.994. The molecule has 9 nitrogen and oxygen atoms in total. The molecule has 0 radical (unpaired) electrons. The molecule has 1 fully saturated rings. The number of rotatable bonds is 6. The zero-order valence-corrected chi connectivity index (χ0v) is 22.2. The molecule has 39 heavy (non-hydrogen) atoms. The number of fused-ring (bicyclic) bond motifs is 3. The molecule has 10 heteroatoms. The van der Waals surface area contributed by atoms with Gasteiger partial charge in [0.15, 0.2) is 6.61 Å². The minimum Gasteiger partial charge on any atom is -0.482 e. The SMILES string of the molecule is CCc1nc(C)ccc1OCC(=O)N1CCc2nc3n(c2C1c1ccc(C2CC2)cc1F)CCN(C(=O)O)C3. The number of aryl methyl sites for hydroxylation is 2. The number of aromatic nitrogens is 3. The van der Waals surface area contributed by atoms with Crippen molar-refractivity contribution in [1.82, 2.24) is 24.3 Å². The number of hydrogen-bond donors (Lipinski definition) is 1. The number of hydrogen-bond acceptors (Lipinski definition) is 5. The molecule has 2 aliphatic heterocycles. The van der Waals surface area contributed by atoms with Crippen LogP contribution in [0.25, 0.3) is 0 Å². The molecule has 1 aliphatic carbocycles. The van der Waals surface area contributed by atoms with Gasteiger partial charge < -0.3 is 19.3 Å². The summed E-state index contributed by atoms with van der Waals surface area (Å²) in [6.45, 7) is 4.92. The smallest absolute Gasteiger partial charge is 0.407 e. The summed E-state index contributed by atoms with van der Waals surface area (Å²) in [4.78, 5) is 37.6. The lowest BCUT2D eigenvalue weighted by Crippen LogP contribution is -2.45. The van der Waals surface area contributed by atoms with Crippen molar-refractivity contribution in [2.24, 2.45) is 0 Å². The largest absolute Gasteiger partial charge is 0.482 e. The summed E-state index contributed by atoms with van der Waals surface area (Å²) in [5.41, 5.74) is 4.62. The van der Waals surface area contributed by atoms with E-state index in [1.807, 2.05) is 36.6 Å². The summed E-state index contributed by atoms with van der Waals surface area (Å²) in [7, 11) is 0. The van der Waals surface area contributed by atoms with Crippen LogP contribution in [-0.2, 0) is 30.7 Å². The number of pyridine rings is 1. The number of benzene rings is 1. The molecule has 3 aliphatic rings. The van der Waals surface area contributed by atoms with Gasteiger partial charge in [-0.15, -0.1) is 0 Å². The predicted molar refractivity (Wildman–Crippen MR) is 140 cm³/mol. The summed E-state index contributed by atoms with van der Waals surface area (Å²) in [6.07, 6.45) is 2.32. The standard InChI is InChI=1S/C29H32FN5O4/c1-3-22-24(9-4-17(2)31-22)39-16-26(36)35-11-10-23-28(34-13-12-33(29(37)38)15-25(34)32-23)27(35)20-8-7-19(14-21(20)30)18-5-6-18/h4,7-9,14,18,27H,3,5-6,10-13,15-16H2,1-2H3,(H,37,38). The molecule has 204 valence electrons. The quantitative estimate of drug-likeness (QED) is 0.510. The molecule has 1 atom stereocenters. The van der Waals surface area contributed by atoms with E-state index >= 15 is 4.39 Å². The van der Waals surface area contributed by atoms with Gasteiger partial charge in [-0.2, -0.15) is 0 Å². The van der Waals surface area contributed by atoms with Gasteiger partial charge in [0.2, 0.25) is 0 Å². The van der Waals surface area contributed by atoms with E-state index in [0.29, 0.717) is 55.5 Å². The Morgan fingerprint density at radius 2 is 1.95 bits per heavy atom. The van der Waals surface area contributed by atoms with Crippen molar-refractivity contribution in [2.45, 2.75) is 64.6 Å². The van der Waals surface area contributed by atoms with E-state index in [9.17, 15) is 14.7 Å². The van der Waals surface area contributed by atoms with Crippen molar-refractivity contribution < 1.29 is 23.8 Å². The lowest BCUT2D eigenvalue weighted by atomic mass is 9.93. The van der Waals surface area contributed by atoms with Crippen LogP contribution in [0.5, 0.6) is 5.75 Å². The molecule has 1 saturated carbocycles. The topological polar surface area (TPSA) is 101 Å². The van der Waals surface area contributed by atoms with E-state index in [1.165, 1.54) is 4.90 Å². The predicted octanol–water partition coefficient (Wildman–Crippen LogP) is 4.21. The van der Waals surface area contributed by atoms with Gasteiger partial charge in [0.05, 0.1) is 23.6 Å². The first-order valence-corrected chi connectivity index (χ1v) is 13.6. The zero-order chi connectivity index (χ0) is 27.3. The van der Waals surface area contributed by atoms with Crippen LogP contribution in [0.15, 0.2) is 30.3 Å². The first kappa shape index (κ1) is 25.3. The molecular formula is C29H32FN5O4. The zero-order valence-electron chi connectivity index (χ0n) is 22.2. The first-order valence-electron chi connectivity index (χ1n) is 13.6. The average molecular weight is 534 g/mol. The Morgan fingerprint density at radius 1 is 1.13 bits per heavy atom. The lowest BCUT2D eigenvalue weighted by molar-refractivity contribution is -0.135. The number of carbonyl (C=O) groups excluding carboxylic acids is 1. The van der Waals surface area contributed by atoms with Crippen LogP contribution in [0, 0.1) is 12.7 Å². The Labute approximate surface area is 226 Å². The molecule has 2 amide bonds. The fraction of sp³-hybridized carbons (Fsp3) is 0.448. The third-order valence-electron chi connectivity index (χ3n) is 7.96. The summed E-state index contributed by atoms with van der Waals surface area (Å²) in [5, 5.41) is 9.50. The van der Waals surface area contributed by atoms with Gasteiger partial charge in [0.25, 0.3) is 5.91 Å². The van der Waals surface area contributed by atoms with Gasteiger partial charge >= 0.3 is 6.09 Å². The van der Waals surface area contributed by atoms with E-state index in [0.717, 1.165) is 41.2 Å². The fourth-order valence-corrected chi connectivity index (χ4v) is 5.79. The number of amides is 2. The number of carboxylic acid groups (broad SMARTS) is 1. The third-order valence-corrected chi connectivity index (χ3v) is 7.96. The van der Waals surface area contributed by atoms with Crippen LogP contribution in [0.2, 0.25) is 0 Å². The highest BCUT2D eigenvalue weighted by Crippen LogP contribution is 2.43. The monoisotopic (exact) mass is 533 g/mol. The van der Waals surface area contributed by atoms with Crippen molar-refractivity contribution in [3.05, 3.63) is 75.9 Å². The maximum Gasteiger partial charge on any atom is 0.407 e. The second-order valence-electron chi connectivity index (χ2n) is 10.6. The van der Waals surface area contributed by atoms with Crippen molar-refractivity contribution in [3.63, 3.8) is 0 Å².